The predicted molar refractivity (Wildman–Crippen MR) is 72.0 cm³/mol. The number of carbonyl (C=O) groups excluding carboxylic acids is 1. The van der Waals surface area contributed by atoms with Crippen LogP contribution in [0.1, 0.15) is 28.8 Å². The molecular formula is C15H21NO2. The van der Waals surface area contributed by atoms with E-state index in [1.165, 1.54) is 5.56 Å². The van der Waals surface area contributed by atoms with E-state index in [9.17, 15) is 4.79 Å². The highest BCUT2D eigenvalue weighted by Crippen LogP contribution is 2.13. The van der Waals surface area contributed by atoms with Crippen LogP contribution in [0.15, 0.2) is 24.3 Å². The maximum Gasteiger partial charge on any atom is 0.164 e. The van der Waals surface area contributed by atoms with Gasteiger partial charge in [-0.1, -0.05) is 29.8 Å². The topological polar surface area (TPSA) is 29.5 Å². The molecular weight excluding hydrogens is 226 g/mol. The van der Waals surface area contributed by atoms with Crippen molar-refractivity contribution < 1.29 is 9.53 Å². The Hall–Kier alpha value is -1.19. The molecule has 0 saturated carbocycles. The second kappa shape index (κ2) is 6.12. The maximum atomic E-state index is 12.0. The van der Waals surface area contributed by atoms with Gasteiger partial charge in [0.1, 0.15) is 0 Å². The lowest BCUT2D eigenvalue weighted by molar-refractivity contribution is 0.0944. The summed E-state index contributed by atoms with van der Waals surface area (Å²) < 4.78 is 5.32. The van der Waals surface area contributed by atoms with E-state index in [2.05, 4.69) is 4.90 Å². The number of Topliss-reactive ketones (excluding diaryl/α,β-unsaturated/α-hetero) is 1. The van der Waals surface area contributed by atoms with E-state index in [1.54, 1.807) is 7.11 Å². The molecule has 0 spiro atoms. The van der Waals surface area contributed by atoms with Crippen LogP contribution < -0.4 is 0 Å². The van der Waals surface area contributed by atoms with Crippen molar-refractivity contribution in [2.45, 2.75) is 25.9 Å². The van der Waals surface area contributed by atoms with Gasteiger partial charge in [0.25, 0.3) is 0 Å². The summed E-state index contributed by atoms with van der Waals surface area (Å²) in [5, 5.41) is 0. The van der Waals surface area contributed by atoms with Gasteiger partial charge in [-0.2, -0.15) is 0 Å². The summed E-state index contributed by atoms with van der Waals surface area (Å²) in [6, 6.07) is 7.81. The van der Waals surface area contributed by atoms with Crippen LogP contribution in [0.4, 0.5) is 0 Å². The Bertz CT molecular complexity index is 399. The molecule has 1 aromatic carbocycles. The Balaban J connectivity index is 1.80. The Morgan fingerprint density at radius 3 is 2.72 bits per heavy atom. The van der Waals surface area contributed by atoms with E-state index in [-0.39, 0.29) is 5.78 Å². The molecule has 0 radical (unpaired) electrons. The molecule has 0 N–H and O–H groups in total. The third-order valence-corrected chi connectivity index (χ3v) is 3.59. The van der Waals surface area contributed by atoms with E-state index in [1.807, 2.05) is 31.2 Å². The van der Waals surface area contributed by atoms with Crippen LogP contribution in [-0.2, 0) is 4.74 Å². The van der Waals surface area contributed by atoms with Crippen molar-refractivity contribution >= 4 is 5.78 Å². The normalized spacial score (nSPS) is 20.2. The van der Waals surface area contributed by atoms with E-state index in [0.717, 1.165) is 31.6 Å². The van der Waals surface area contributed by atoms with Gasteiger partial charge in [0.05, 0.1) is 6.10 Å². The number of methoxy groups -OCH3 is 1. The fourth-order valence-corrected chi connectivity index (χ4v) is 2.34. The number of nitrogens with zero attached hydrogens (tertiary/aromatic N) is 1. The van der Waals surface area contributed by atoms with Gasteiger partial charge in [-0.05, 0) is 13.3 Å². The van der Waals surface area contributed by atoms with Crippen molar-refractivity contribution in [1.82, 2.24) is 4.90 Å². The fraction of sp³-hybridized carbons (Fsp3) is 0.533. The second-order valence-corrected chi connectivity index (χ2v) is 4.99. The van der Waals surface area contributed by atoms with E-state index in [0.29, 0.717) is 12.5 Å². The number of hydrogen-bond donors (Lipinski definition) is 0. The third kappa shape index (κ3) is 3.40. The quantitative estimate of drug-likeness (QED) is 0.748. The zero-order valence-corrected chi connectivity index (χ0v) is 11.2. The SMILES string of the molecule is COC1CCN(CCC(=O)c2ccc(C)cc2)C1. The van der Waals surface area contributed by atoms with Gasteiger partial charge in [0.2, 0.25) is 0 Å². The fourth-order valence-electron chi connectivity index (χ4n) is 2.34. The van der Waals surface area contributed by atoms with Gasteiger partial charge in [-0.3, -0.25) is 4.79 Å². The largest absolute Gasteiger partial charge is 0.380 e. The summed E-state index contributed by atoms with van der Waals surface area (Å²) in [6.07, 6.45) is 2.02. The number of benzene rings is 1. The van der Waals surface area contributed by atoms with Gasteiger partial charge < -0.3 is 9.64 Å². The highest BCUT2D eigenvalue weighted by atomic mass is 16.5. The molecule has 1 aliphatic rings. The minimum atomic E-state index is 0.232. The first-order valence-corrected chi connectivity index (χ1v) is 6.54. The van der Waals surface area contributed by atoms with Crippen molar-refractivity contribution in [3.05, 3.63) is 35.4 Å². The molecule has 0 aliphatic carbocycles. The number of carbonyl (C=O) groups is 1. The molecule has 3 nitrogen and oxygen atoms in total. The van der Waals surface area contributed by atoms with Crippen molar-refractivity contribution in [2.24, 2.45) is 0 Å². The van der Waals surface area contributed by atoms with Gasteiger partial charge >= 0.3 is 0 Å². The number of ether oxygens (including phenoxy) is 1. The molecule has 0 bridgehead atoms. The first kappa shape index (κ1) is 13.2. The highest BCUT2D eigenvalue weighted by Gasteiger charge is 2.22. The monoisotopic (exact) mass is 247 g/mol. The number of hydrogen-bond acceptors (Lipinski definition) is 3. The molecule has 1 aliphatic heterocycles. The van der Waals surface area contributed by atoms with Crippen LogP contribution in [0.2, 0.25) is 0 Å². The van der Waals surface area contributed by atoms with E-state index < -0.39 is 0 Å². The first-order chi connectivity index (χ1) is 8.69. The van der Waals surface area contributed by atoms with Gasteiger partial charge in [-0.15, -0.1) is 0 Å². The standard InChI is InChI=1S/C15H21NO2/c1-12-3-5-13(6-4-12)15(17)8-10-16-9-7-14(11-16)18-2/h3-6,14H,7-11H2,1-2H3. The van der Waals surface area contributed by atoms with Crippen LogP contribution in [-0.4, -0.2) is 43.5 Å². The molecule has 2 rings (SSSR count). The molecule has 98 valence electrons. The van der Waals surface area contributed by atoms with E-state index in [4.69, 9.17) is 4.74 Å². The maximum absolute atomic E-state index is 12.0. The molecule has 18 heavy (non-hydrogen) atoms. The third-order valence-electron chi connectivity index (χ3n) is 3.59. The second-order valence-electron chi connectivity index (χ2n) is 4.99. The first-order valence-electron chi connectivity index (χ1n) is 6.54. The Kier molecular flexibility index (Phi) is 4.50. The Morgan fingerprint density at radius 2 is 2.11 bits per heavy atom. The molecule has 1 fully saturated rings. The minimum absolute atomic E-state index is 0.232. The predicted octanol–water partition coefficient (Wildman–Crippen LogP) is 2.29. The summed E-state index contributed by atoms with van der Waals surface area (Å²) in [4.78, 5) is 14.3. The number of rotatable bonds is 5. The van der Waals surface area contributed by atoms with Crippen LogP contribution in [0, 0.1) is 6.92 Å². The van der Waals surface area contributed by atoms with Crippen molar-refractivity contribution in [2.75, 3.05) is 26.7 Å². The minimum Gasteiger partial charge on any atom is -0.380 e. The molecule has 1 aromatic rings. The van der Waals surface area contributed by atoms with Crippen molar-refractivity contribution in [3.8, 4) is 0 Å². The average molecular weight is 247 g/mol. The molecule has 1 unspecified atom stereocenters. The lowest BCUT2D eigenvalue weighted by Crippen LogP contribution is -2.25. The van der Waals surface area contributed by atoms with Crippen LogP contribution in [0.25, 0.3) is 0 Å². The van der Waals surface area contributed by atoms with E-state index >= 15 is 0 Å². The smallest absolute Gasteiger partial charge is 0.164 e. The number of likely N-dealkylation sites (tertiary alicyclic amines) is 1. The molecule has 0 aromatic heterocycles. The summed E-state index contributed by atoms with van der Waals surface area (Å²) in [6.45, 7) is 4.87. The molecule has 1 atom stereocenters. The van der Waals surface area contributed by atoms with Gasteiger partial charge in [0, 0.05) is 38.7 Å². The lowest BCUT2D eigenvalue weighted by Gasteiger charge is -2.14. The number of aryl methyl sites for hydroxylation is 1. The lowest BCUT2D eigenvalue weighted by atomic mass is 10.1. The molecule has 1 heterocycles. The molecule has 3 heteroatoms. The Labute approximate surface area is 109 Å². The molecule has 1 saturated heterocycles. The number of ketones is 1. The van der Waals surface area contributed by atoms with Gasteiger partial charge in [0.15, 0.2) is 5.78 Å². The zero-order valence-electron chi connectivity index (χ0n) is 11.2. The zero-order chi connectivity index (χ0) is 13.0. The van der Waals surface area contributed by atoms with Crippen molar-refractivity contribution in [3.63, 3.8) is 0 Å². The summed E-state index contributed by atoms with van der Waals surface area (Å²) >= 11 is 0. The van der Waals surface area contributed by atoms with Crippen molar-refractivity contribution in [1.29, 1.82) is 0 Å². The van der Waals surface area contributed by atoms with Gasteiger partial charge in [-0.25, -0.2) is 0 Å². The summed E-state index contributed by atoms with van der Waals surface area (Å²) in [5.74, 6) is 0.232. The molecule has 0 amide bonds. The summed E-state index contributed by atoms with van der Waals surface area (Å²) in [7, 11) is 1.76. The Morgan fingerprint density at radius 1 is 1.39 bits per heavy atom. The summed E-state index contributed by atoms with van der Waals surface area (Å²) in [5.41, 5.74) is 2.01. The van der Waals surface area contributed by atoms with Crippen LogP contribution in [0.5, 0.6) is 0 Å². The van der Waals surface area contributed by atoms with Crippen LogP contribution >= 0.6 is 0 Å². The average Bonchev–Trinajstić information content (AvgIpc) is 2.85. The highest BCUT2D eigenvalue weighted by molar-refractivity contribution is 5.96. The van der Waals surface area contributed by atoms with Crippen LogP contribution in [0.3, 0.4) is 0 Å².